The van der Waals surface area contributed by atoms with E-state index < -0.39 is 0 Å². The molecule has 0 fully saturated rings. The highest BCUT2D eigenvalue weighted by Gasteiger charge is 2.09. The molecule has 0 atom stereocenters. The lowest BCUT2D eigenvalue weighted by molar-refractivity contribution is 1.17. The van der Waals surface area contributed by atoms with Crippen molar-refractivity contribution in [2.75, 3.05) is 0 Å². The van der Waals surface area contributed by atoms with E-state index >= 15 is 0 Å². The van der Waals surface area contributed by atoms with E-state index in [9.17, 15) is 4.79 Å². The number of H-pyrrole nitrogens is 1. The highest BCUT2D eigenvalue weighted by atomic mass is 16.1. The number of benzene rings is 1. The largest absolute Gasteiger partial charge is 0.321 e. The second-order valence-corrected chi connectivity index (χ2v) is 4.50. The van der Waals surface area contributed by atoms with Crippen LogP contribution in [0.5, 0.6) is 0 Å². The molecular formula is C15H14N2O. The third-order valence-corrected chi connectivity index (χ3v) is 3.01. The smallest absolute Gasteiger partial charge is 0.266 e. The van der Waals surface area contributed by atoms with Gasteiger partial charge in [0.15, 0.2) is 0 Å². The van der Waals surface area contributed by atoms with Crippen LogP contribution >= 0.6 is 0 Å². The molecule has 0 amide bonds. The molecule has 1 N–H and O–H groups in total. The fourth-order valence-electron chi connectivity index (χ4n) is 2.09. The van der Waals surface area contributed by atoms with Gasteiger partial charge in [-0.1, -0.05) is 23.8 Å². The summed E-state index contributed by atoms with van der Waals surface area (Å²) < 4.78 is 0. The van der Waals surface area contributed by atoms with Crippen molar-refractivity contribution in [3.8, 4) is 17.3 Å². The molecule has 0 unspecified atom stereocenters. The highest BCUT2D eigenvalue weighted by molar-refractivity contribution is 5.67. The first-order valence-electron chi connectivity index (χ1n) is 5.74. The van der Waals surface area contributed by atoms with E-state index in [0.717, 1.165) is 22.4 Å². The average molecular weight is 238 g/mol. The van der Waals surface area contributed by atoms with Gasteiger partial charge in [0.2, 0.25) is 0 Å². The van der Waals surface area contributed by atoms with E-state index in [1.807, 2.05) is 39.0 Å². The SMILES string of the molecule is Cc1ccc(-c2[nH]c(=O)c(C#N)cc2C)c(C)c1. The predicted molar refractivity (Wildman–Crippen MR) is 71.4 cm³/mol. The standard InChI is InChI=1S/C15H14N2O/c1-9-4-5-13(10(2)6-9)14-11(3)7-12(8-16)15(18)17-14/h4-7H,1-3H3,(H,17,18). The summed E-state index contributed by atoms with van der Waals surface area (Å²) in [5.74, 6) is 0. The third kappa shape index (κ3) is 2.05. The Morgan fingerprint density at radius 1 is 1.11 bits per heavy atom. The van der Waals surface area contributed by atoms with Crippen LogP contribution in [0.15, 0.2) is 29.1 Å². The second-order valence-electron chi connectivity index (χ2n) is 4.50. The van der Waals surface area contributed by atoms with E-state index in [2.05, 4.69) is 11.1 Å². The van der Waals surface area contributed by atoms with Crippen LogP contribution < -0.4 is 5.56 Å². The summed E-state index contributed by atoms with van der Waals surface area (Å²) in [5, 5.41) is 8.83. The Kier molecular flexibility index (Phi) is 3.03. The zero-order chi connectivity index (χ0) is 13.3. The first-order chi connectivity index (χ1) is 8.52. The third-order valence-electron chi connectivity index (χ3n) is 3.01. The van der Waals surface area contributed by atoms with E-state index in [0.29, 0.717) is 0 Å². The summed E-state index contributed by atoms with van der Waals surface area (Å²) in [5.41, 5.74) is 4.80. The van der Waals surface area contributed by atoms with Crippen molar-refractivity contribution in [1.82, 2.24) is 4.98 Å². The molecule has 3 nitrogen and oxygen atoms in total. The van der Waals surface area contributed by atoms with Gasteiger partial charge in [0.25, 0.3) is 5.56 Å². The first-order valence-corrected chi connectivity index (χ1v) is 5.74. The molecule has 1 aromatic heterocycles. The number of nitrogens with zero attached hydrogens (tertiary/aromatic N) is 1. The maximum absolute atomic E-state index is 11.7. The molecule has 1 heterocycles. The maximum atomic E-state index is 11.7. The quantitative estimate of drug-likeness (QED) is 0.830. The van der Waals surface area contributed by atoms with E-state index in [1.54, 1.807) is 6.07 Å². The molecule has 1 aromatic carbocycles. The average Bonchev–Trinajstić information content (AvgIpc) is 2.32. The van der Waals surface area contributed by atoms with Crippen LogP contribution in [0, 0.1) is 32.1 Å². The molecule has 90 valence electrons. The number of hydrogen-bond acceptors (Lipinski definition) is 2. The molecule has 0 aliphatic rings. The Morgan fingerprint density at radius 2 is 1.83 bits per heavy atom. The maximum Gasteiger partial charge on any atom is 0.266 e. The lowest BCUT2D eigenvalue weighted by Crippen LogP contribution is -2.12. The van der Waals surface area contributed by atoms with Crippen molar-refractivity contribution < 1.29 is 0 Å². The van der Waals surface area contributed by atoms with E-state index in [1.165, 1.54) is 5.56 Å². The van der Waals surface area contributed by atoms with Crippen LogP contribution in [-0.2, 0) is 0 Å². The lowest BCUT2D eigenvalue weighted by Gasteiger charge is -2.10. The number of hydrogen-bond donors (Lipinski definition) is 1. The minimum Gasteiger partial charge on any atom is -0.321 e. The van der Waals surface area contributed by atoms with Gasteiger partial charge in [-0.25, -0.2) is 0 Å². The molecule has 0 radical (unpaired) electrons. The first kappa shape index (κ1) is 12.1. The van der Waals surface area contributed by atoms with Gasteiger partial charge in [-0.15, -0.1) is 0 Å². The molecule has 2 aromatic rings. The second kappa shape index (κ2) is 4.50. The lowest BCUT2D eigenvalue weighted by atomic mass is 9.99. The summed E-state index contributed by atoms with van der Waals surface area (Å²) in [6.07, 6.45) is 0. The van der Waals surface area contributed by atoms with Crippen LogP contribution in [0.4, 0.5) is 0 Å². The molecular weight excluding hydrogens is 224 g/mol. The topological polar surface area (TPSA) is 56.6 Å². The van der Waals surface area contributed by atoms with Crippen LogP contribution in [0.2, 0.25) is 0 Å². The summed E-state index contributed by atoms with van der Waals surface area (Å²) in [4.78, 5) is 14.5. The van der Waals surface area contributed by atoms with Gasteiger partial charge >= 0.3 is 0 Å². The van der Waals surface area contributed by atoms with Crippen molar-refractivity contribution in [1.29, 1.82) is 5.26 Å². The van der Waals surface area contributed by atoms with Gasteiger partial charge in [0, 0.05) is 5.56 Å². The Hall–Kier alpha value is -2.34. The molecule has 0 saturated heterocycles. The van der Waals surface area contributed by atoms with E-state index in [4.69, 9.17) is 5.26 Å². The Bertz CT molecular complexity index is 705. The molecule has 0 aliphatic carbocycles. The molecule has 3 heteroatoms. The fourth-order valence-corrected chi connectivity index (χ4v) is 2.09. The molecule has 0 spiro atoms. The van der Waals surface area contributed by atoms with Crippen molar-refractivity contribution in [2.45, 2.75) is 20.8 Å². The Labute approximate surface area is 106 Å². The fraction of sp³-hybridized carbons (Fsp3) is 0.200. The molecule has 0 bridgehead atoms. The Morgan fingerprint density at radius 3 is 2.44 bits per heavy atom. The highest BCUT2D eigenvalue weighted by Crippen LogP contribution is 2.24. The number of rotatable bonds is 1. The monoisotopic (exact) mass is 238 g/mol. The molecule has 0 saturated carbocycles. The predicted octanol–water partition coefficient (Wildman–Crippen LogP) is 2.84. The Balaban J connectivity index is 2.69. The minimum absolute atomic E-state index is 0.154. The number of aromatic amines is 1. The van der Waals surface area contributed by atoms with Crippen molar-refractivity contribution in [2.24, 2.45) is 0 Å². The zero-order valence-corrected chi connectivity index (χ0v) is 10.7. The number of aryl methyl sites for hydroxylation is 3. The van der Waals surface area contributed by atoms with Crippen molar-refractivity contribution >= 4 is 0 Å². The van der Waals surface area contributed by atoms with Gasteiger partial charge in [-0.05, 0) is 38.0 Å². The van der Waals surface area contributed by atoms with Crippen LogP contribution in [0.25, 0.3) is 11.3 Å². The minimum atomic E-state index is -0.335. The number of nitriles is 1. The van der Waals surface area contributed by atoms with Crippen molar-refractivity contribution in [3.05, 3.63) is 56.9 Å². The van der Waals surface area contributed by atoms with Gasteiger partial charge in [-0.3, -0.25) is 4.79 Å². The van der Waals surface area contributed by atoms with Gasteiger partial charge < -0.3 is 4.98 Å². The molecule has 18 heavy (non-hydrogen) atoms. The van der Waals surface area contributed by atoms with Gasteiger partial charge in [0.05, 0.1) is 5.69 Å². The van der Waals surface area contributed by atoms with Gasteiger partial charge in [0.1, 0.15) is 11.6 Å². The number of pyridine rings is 1. The zero-order valence-electron chi connectivity index (χ0n) is 10.7. The summed E-state index contributed by atoms with van der Waals surface area (Å²) in [6, 6.07) is 9.61. The van der Waals surface area contributed by atoms with Crippen LogP contribution in [0.3, 0.4) is 0 Å². The van der Waals surface area contributed by atoms with Crippen LogP contribution in [0.1, 0.15) is 22.3 Å². The number of aromatic nitrogens is 1. The number of nitrogens with one attached hydrogen (secondary N) is 1. The van der Waals surface area contributed by atoms with Crippen LogP contribution in [-0.4, -0.2) is 4.98 Å². The normalized spacial score (nSPS) is 10.1. The van der Waals surface area contributed by atoms with Gasteiger partial charge in [-0.2, -0.15) is 5.26 Å². The summed E-state index contributed by atoms with van der Waals surface area (Å²) >= 11 is 0. The summed E-state index contributed by atoms with van der Waals surface area (Å²) in [7, 11) is 0. The van der Waals surface area contributed by atoms with Crippen molar-refractivity contribution in [3.63, 3.8) is 0 Å². The molecule has 0 aliphatic heterocycles. The van der Waals surface area contributed by atoms with E-state index in [-0.39, 0.29) is 11.1 Å². The molecule has 2 rings (SSSR count). The summed E-state index contributed by atoms with van der Waals surface area (Å²) in [6.45, 7) is 5.94.